The molecule has 6 heteroatoms. The lowest BCUT2D eigenvalue weighted by Gasteiger charge is -2.12. The van der Waals surface area contributed by atoms with Gasteiger partial charge in [-0.2, -0.15) is 5.26 Å². The number of nitrogens with zero attached hydrogens (tertiary/aromatic N) is 1. The first-order valence-electron chi connectivity index (χ1n) is 8.84. The van der Waals surface area contributed by atoms with Gasteiger partial charge in [-0.15, -0.1) is 0 Å². The topological polar surface area (TPSA) is 66.0 Å². The van der Waals surface area contributed by atoms with Gasteiger partial charge >= 0.3 is 0 Å². The van der Waals surface area contributed by atoms with Gasteiger partial charge in [0.25, 0.3) is 5.91 Å². The predicted molar refractivity (Wildman–Crippen MR) is 117 cm³/mol. The first-order valence-corrected chi connectivity index (χ1v) is 9.60. The number of hydrogen-bond acceptors (Lipinski definition) is 3. The molecule has 0 aliphatic carbocycles. The van der Waals surface area contributed by atoms with Crippen molar-refractivity contribution in [2.45, 2.75) is 20.8 Å². The Kier molecular flexibility index (Phi) is 6.12. The summed E-state index contributed by atoms with van der Waals surface area (Å²) < 4.78 is 5.75. The third-order valence-electron chi connectivity index (χ3n) is 4.40. The van der Waals surface area contributed by atoms with Gasteiger partial charge in [-0.25, -0.2) is 0 Å². The number of nitrogens with one attached hydrogen (secondary N) is 1. The molecule has 146 valence electrons. The molecule has 0 bridgehead atoms. The minimum atomic E-state index is -0.491. The van der Waals surface area contributed by atoms with E-state index in [2.05, 4.69) is 5.32 Å². The van der Waals surface area contributed by atoms with Crippen molar-refractivity contribution < 1.29 is 9.21 Å². The number of amides is 1. The minimum Gasteiger partial charge on any atom is -0.457 e. The second-order valence-corrected chi connectivity index (χ2v) is 7.54. The molecule has 0 fully saturated rings. The number of halogens is 2. The highest BCUT2D eigenvalue weighted by molar-refractivity contribution is 6.42. The molecule has 3 rings (SSSR count). The molecule has 29 heavy (non-hydrogen) atoms. The van der Waals surface area contributed by atoms with Crippen molar-refractivity contribution in [3.8, 4) is 17.4 Å². The van der Waals surface area contributed by atoms with Gasteiger partial charge in [0.05, 0.1) is 10.0 Å². The van der Waals surface area contributed by atoms with Crippen molar-refractivity contribution in [1.29, 1.82) is 5.26 Å². The predicted octanol–water partition coefficient (Wildman–Crippen LogP) is 6.72. The minimum absolute atomic E-state index is 0.0561. The van der Waals surface area contributed by atoms with Crippen LogP contribution in [0.5, 0.6) is 0 Å². The van der Waals surface area contributed by atoms with E-state index < -0.39 is 5.91 Å². The largest absolute Gasteiger partial charge is 0.457 e. The van der Waals surface area contributed by atoms with E-state index in [1.54, 1.807) is 30.3 Å². The van der Waals surface area contributed by atoms with Crippen LogP contribution in [0.25, 0.3) is 17.4 Å². The summed E-state index contributed by atoms with van der Waals surface area (Å²) in [7, 11) is 0. The summed E-state index contributed by atoms with van der Waals surface area (Å²) in [4.78, 5) is 12.6. The first kappa shape index (κ1) is 20.7. The van der Waals surface area contributed by atoms with E-state index >= 15 is 0 Å². The summed E-state index contributed by atoms with van der Waals surface area (Å²) in [6, 6.07) is 14.5. The maximum Gasteiger partial charge on any atom is 0.266 e. The summed E-state index contributed by atoms with van der Waals surface area (Å²) in [5.74, 6) is 0.447. The number of aryl methyl sites for hydroxylation is 3. The number of nitriles is 1. The van der Waals surface area contributed by atoms with Crippen LogP contribution < -0.4 is 5.32 Å². The SMILES string of the molecule is Cc1cc(C)c(NC(=O)C(C#N)=Cc2ccc(-c3ccc(Cl)c(Cl)c3)o2)c(C)c1. The zero-order valence-electron chi connectivity index (χ0n) is 16.1. The number of anilines is 1. The summed E-state index contributed by atoms with van der Waals surface area (Å²) in [6.07, 6.45) is 1.41. The Morgan fingerprint density at radius 2 is 1.72 bits per heavy atom. The molecule has 0 atom stereocenters. The van der Waals surface area contributed by atoms with E-state index in [1.165, 1.54) is 6.08 Å². The molecule has 0 spiro atoms. The van der Waals surface area contributed by atoms with Crippen LogP contribution in [0, 0.1) is 32.1 Å². The van der Waals surface area contributed by atoms with Crippen LogP contribution in [0.4, 0.5) is 5.69 Å². The summed E-state index contributed by atoms with van der Waals surface area (Å²) in [5, 5.41) is 13.1. The molecular weight excluding hydrogens is 407 g/mol. The Labute approximate surface area is 179 Å². The molecular formula is C23H18Cl2N2O2. The van der Waals surface area contributed by atoms with E-state index in [1.807, 2.05) is 39.0 Å². The Hall–Kier alpha value is -3.00. The maximum absolute atomic E-state index is 12.6. The lowest BCUT2D eigenvalue weighted by molar-refractivity contribution is -0.112. The molecule has 0 radical (unpaired) electrons. The fourth-order valence-electron chi connectivity index (χ4n) is 3.08. The molecule has 0 aliphatic rings. The van der Waals surface area contributed by atoms with Crippen LogP contribution in [0.2, 0.25) is 10.0 Å². The van der Waals surface area contributed by atoms with E-state index in [9.17, 15) is 10.1 Å². The molecule has 1 amide bonds. The molecule has 1 N–H and O–H groups in total. The van der Waals surface area contributed by atoms with Crippen LogP contribution in [-0.4, -0.2) is 5.91 Å². The van der Waals surface area contributed by atoms with Gasteiger partial charge < -0.3 is 9.73 Å². The van der Waals surface area contributed by atoms with Crippen LogP contribution in [0.3, 0.4) is 0 Å². The van der Waals surface area contributed by atoms with Gasteiger partial charge in [0, 0.05) is 17.3 Å². The number of carbonyl (C=O) groups excluding carboxylic acids is 1. The monoisotopic (exact) mass is 424 g/mol. The number of benzene rings is 2. The Morgan fingerprint density at radius 1 is 1.03 bits per heavy atom. The van der Waals surface area contributed by atoms with Crippen LogP contribution in [-0.2, 0) is 4.79 Å². The van der Waals surface area contributed by atoms with Crippen molar-refractivity contribution in [1.82, 2.24) is 0 Å². The molecule has 0 aliphatic heterocycles. The van der Waals surface area contributed by atoms with Gasteiger partial charge in [0.1, 0.15) is 23.2 Å². The molecule has 2 aromatic carbocycles. The summed E-state index contributed by atoms with van der Waals surface area (Å²) in [5.41, 5.74) is 4.38. The number of rotatable bonds is 4. The van der Waals surface area contributed by atoms with Gasteiger partial charge in [-0.3, -0.25) is 4.79 Å². The Morgan fingerprint density at radius 3 is 2.34 bits per heavy atom. The molecule has 0 unspecified atom stereocenters. The van der Waals surface area contributed by atoms with E-state index in [-0.39, 0.29) is 5.57 Å². The van der Waals surface area contributed by atoms with Crippen molar-refractivity contribution in [2.75, 3.05) is 5.32 Å². The summed E-state index contributed by atoms with van der Waals surface area (Å²) >= 11 is 12.0. The van der Waals surface area contributed by atoms with Gasteiger partial charge in [-0.05, 0) is 62.2 Å². The van der Waals surface area contributed by atoms with Crippen molar-refractivity contribution >= 4 is 40.9 Å². The third kappa shape index (κ3) is 4.71. The average Bonchev–Trinajstić information content (AvgIpc) is 3.13. The zero-order chi connectivity index (χ0) is 21.1. The highest BCUT2D eigenvalue weighted by Gasteiger charge is 2.14. The standard InChI is InChI=1S/C23H18Cl2N2O2/c1-13-8-14(2)22(15(3)9-13)27-23(28)17(12-26)10-18-5-7-21(29-18)16-4-6-19(24)20(25)11-16/h4-11H,1-3H3,(H,27,28). The molecule has 0 saturated heterocycles. The highest BCUT2D eigenvalue weighted by Crippen LogP contribution is 2.30. The van der Waals surface area contributed by atoms with Crippen LogP contribution >= 0.6 is 23.2 Å². The van der Waals surface area contributed by atoms with Crippen molar-refractivity contribution in [2.24, 2.45) is 0 Å². The second kappa shape index (κ2) is 8.57. The number of hydrogen-bond donors (Lipinski definition) is 1. The Bertz CT molecular complexity index is 1150. The lowest BCUT2D eigenvalue weighted by Crippen LogP contribution is -2.15. The van der Waals surface area contributed by atoms with Gasteiger partial charge in [0.2, 0.25) is 0 Å². The molecule has 1 heterocycles. The van der Waals surface area contributed by atoms with Gasteiger partial charge in [-0.1, -0.05) is 40.9 Å². The average molecular weight is 425 g/mol. The second-order valence-electron chi connectivity index (χ2n) is 6.73. The van der Waals surface area contributed by atoms with E-state index in [4.69, 9.17) is 27.6 Å². The third-order valence-corrected chi connectivity index (χ3v) is 5.14. The highest BCUT2D eigenvalue weighted by atomic mass is 35.5. The molecule has 0 saturated carbocycles. The lowest BCUT2D eigenvalue weighted by atomic mass is 10.0. The smallest absolute Gasteiger partial charge is 0.266 e. The molecule has 4 nitrogen and oxygen atoms in total. The zero-order valence-corrected chi connectivity index (χ0v) is 17.7. The van der Waals surface area contributed by atoms with Crippen molar-refractivity contribution in [3.63, 3.8) is 0 Å². The maximum atomic E-state index is 12.6. The quantitative estimate of drug-likeness (QED) is 0.373. The van der Waals surface area contributed by atoms with E-state index in [0.717, 1.165) is 22.3 Å². The fraction of sp³-hybridized carbons (Fsp3) is 0.130. The molecule has 1 aromatic heterocycles. The van der Waals surface area contributed by atoms with Crippen LogP contribution in [0.15, 0.2) is 52.5 Å². The number of furan rings is 1. The van der Waals surface area contributed by atoms with Gasteiger partial charge in [0.15, 0.2) is 0 Å². The normalized spacial score (nSPS) is 11.2. The van der Waals surface area contributed by atoms with E-state index in [0.29, 0.717) is 27.3 Å². The first-order chi connectivity index (χ1) is 13.8. The fourth-order valence-corrected chi connectivity index (χ4v) is 3.38. The van der Waals surface area contributed by atoms with Crippen molar-refractivity contribution in [3.05, 3.63) is 80.5 Å². The molecule has 3 aromatic rings. The van der Waals surface area contributed by atoms with Crippen LogP contribution in [0.1, 0.15) is 22.5 Å². The Balaban J connectivity index is 1.85. The summed E-state index contributed by atoms with van der Waals surface area (Å²) in [6.45, 7) is 5.83. The number of carbonyl (C=O) groups is 1.